The predicted molar refractivity (Wildman–Crippen MR) is 90.8 cm³/mol. The predicted octanol–water partition coefficient (Wildman–Crippen LogP) is 3.76. The molecule has 3 nitrogen and oxygen atoms in total. The maximum atomic E-state index is 11.9. The smallest absolute Gasteiger partial charge is 0.247 e. The van der Waals surface area contributed by atoms with Gasteiger partial charge < -0.3 is 11.1 Å². The molecule has 3 N–H and O–H groups in total. The molecule has 0 aliphatic rings. The molecule has 104 valence electrons. The zero-order chi connectivity index (χ0) is 14.8. The summed E-state index contributed by atoms with van der Waals surface area (Å²) < 4.78 is 1.09. The van der Waals surface area contributed by atoms with Crippen LogP contribution in [0.1, 0.15) is 12.5 Å². The van der Waals surface area contributed by atoms with Crippen LogP contribution < -0.4 is 11.1 Å². The van der Waals surface area contributed by atoms with Gasteiger partial charge in [-0.3, -0.25) is 4.79 Å². The lowest BCUT2D eigenvalue weighted by molar-refractivity contribution is -0.122. The average molecular weight is 401 g/mol. The molecule has 2 rings (SSSR count). The van der Waals surface area contributed by atoms with Crippen molar-refractivity contribution in [2.75, 3.05) is 5.32 Å². The van der Waals surface area contributed by atoms with Gasteiger partial charge in [0, 0.05) is 3.57 Å². The molecule has 0 aromatic heterocycles. The molecule has 0 spiro atoms. The van der Waals surface area contributed by atoms with Gasteiger partial charge in [-0.15, -0.1) is 0 Å². The zero-order valence-corrected chi connectivity index (χ0v) is 13.8. The van der Waals surface area contributed by atoms with Crippen LogP contribution in [0.4, 0.5) is 5.69 Å². The topological polar surface area (TPSA) is 55.1 Å². The van der Waals surface area contributed by atoms with Gasteiger partial charge in [0.1, 0.15) is 5.54 Å². The highest BCUT2D eigenvalue weighted by Crippen LogP contribution is 2.30. The number of carbonyl (C=O) groups is 1. The summed E-state index contributed by atoms with van der Waals surface area (Å²) in [4.78, 5) is 11.9. The van der Waals surface area contributed by atoms with Gasteiger partial charge in [-0.05, 0) is 59.3 Å². The molecule has 2 aromatic carbocycles. The summed E-state index contributed by atoms with van der Waals surface area (Å²) in [5, 5.41) is 3.70. The van der Waals surface area contributed by atoms with Crippen LogP contribution in [0.2, 0.25) is 5.02 Å². The minimum Gasteiger partial charge on any atom is -0.367 e. The van der Waals surface area contributed by atoms with Crippen LogP contribution in [0.15, 0.2) is 48.5 Å². The lowest BCUT2D eigenvalue weighted by Crippen LogP contribution is -2.45. The molecule has 1 amide bonds. The summed E-state index contributed by atoms with van der Waals surface area (Å²) >= 11 is 8.35. The lowest BCUT2D eigenvalue weighted by Gasteiger charge is -2.29. The van der Waals surface area contributed by atoms with E-state index in [9.17, 15) is 4.79 Å². The van der Waals surface area contributed by atoms with Gasteiger partial charge >= 0.3 is 0 Å². The monoisotopic (exact) mass is 400 g/mol. The Balaban J connectivity index is 2.43. The van der Waals surface area contributed by atoms with E-state index in [1.165, 1.54) is 0 Å². The molecule has 2 aromatic rings. The molecule has 0 saturated carbocycles. The van der Waals surface area contributed by atoms with E-state index in [4.69, 9.17) is 17.3 Å². The molecule has 1 atom stereocenters. The highest BCUT2D eigenvalue weighted by Gasteiger charge is 2.33. The van der Waals surface area contributed by atoms with Gasteiger partial charge in [-0.25, -0.2) is 0 Å². The van der Waals surface area contributed by atoms with E-state index in [-0.39, 0.29) is 0 Å². The second-order valence-corrected chi connectivity index (χ2v) is 6.25. The molecular formula is C15H14ClIN2O. The van der Waals surface area contributed by atoms with E-state index < -0.39 is 11.4 Å². The second-order valence-electron chi connectivity index (χ2n) is 4.60. The zero-order valence-electron chi connectivity index (χ0n) is 10.9. The molecule has 1 unspecified atom stereocenters. The number of benzene rings is 2. The minimum absolute atomic E-state index is 0.460. The van der Waals surface area contributed by atoms with Crippen molar-refractivity contribution in [2.45, 2.75) is 12.5 Å². The number of rotatable bonds is 4. The fourth-order valence-electron chi connectivity index (χ4n) is 1.89. The number of halogens is 2. The molecule has 0 fully saturated rings. The number of nitrogens with two attached hydrogens (primary N) is 1. The number of primary amides is 1. The number of para-hydroxylation sites is 1. The number of carbonyl (C=O) groups excluding carboxylic acids is 1. The third kappa shape index (κ3) is 3.07. The number of nitrogens with one attached hydrogen (secondary N) is 1. The summed E-state index contributed by atoms with van der Waals surface area (Å²) in [6, 6.07) is 14.9. The van der Waals surface area contributed by atoms with Crippen LogP contribution in [0, 0.1) is 3.57 Å². The van der Waals surface area contributed by atoms with Gasteiger partial charge in [0.05, 0.1) is 10.7 Å². The van der Waals surface area contributed by atoms with E-state index in [1.54, 1.807) is 13.0 Å². The van der Waals surface area contributed by atoms with Crippen molar-refractivity contribution in [3.63, 3.8) is 0 Å². The van der Waals surface area contributed by atoms with Crippen LogP contribution in [-0.2, 0) is 10.3 Å². The quantitative estimate of drug-likeness (QED) is 0.768. The van der Waals surface area contributed by atoms with Crippen molar-refractivity contribution >= 4 is 45.8 Å². The van der Waals surface area contributed by atoms with Gasteiger partial charge in [0.25, 0.3) is 0 Å². The average Bonchev–Trinajstić information content (AvgIpc) is 2.42. The Morgan fingerprint density at radius 2 is 1.80 bits per heavy atom. The Bertz CT molecular complexity index is 630. The van der Waals surface area contributed by atoms with E-state index in [1.807, 2.05) is 42.5 Å². The van der Waals surface area contributed by atoms with Crippen molar-refractivity contribution in [3.8, 4) is 0 Å². The maximum absolute atomic E-state index is 11.9. The van der Waals surface area contributed by atoms with E-state index in [0.29, 0.717) is 10.7 Å². The molecule has 0 aliphatic carbocycles. The first kappa shape index (κ1) is 15.1. The second kappa shape index (κ2) is 6.01. The Morgan fingerprint density at radius 1 is 1.20 bits per heavy atom. The largest absolute Gasteiger partial charge is 0.367 e. The fraction of sp³-hybridized carbons (Fsp3) is 0.133. The molecule has 0 aliphatic heterocycles. The van der Waals surface area contributed by atoms with Crippen molar-refractivity contribution in [1.82, 2.24) is 0 Å². The van der Waals surface area contributed by atoms with Crippen molar-refractivity contribution < 1.29 is 4.79 Å². The van der Waals surface area contributed by atoms with E-state index in [2.05, 4.69) is 27.9 Å². The number of hydrogen-bond donors (Lipinski definition) is 2. The first-order chi connectivity index (χ1) is 9.43. The van der Waals surface area contributed by atoms with Crippen molar-refractivity contribution in [2.24, 2.45) is 5.73 Å². The normalized spacial score (nSPS) is 13.6. The first-order valence-electron chi connectivity index (χ1n) is 6.02. The summed E-state index contributed by atoms with van der Waals surface area (Å²) in [5.74, 6) is -0.460. The summed E-state index contributed by atoms with van der Waals surface area (Å²) in [6.07, 6.45) is 0. The Morgan fingerprint density at radius 3 is 2.35 bits per heavy atom. The SMILES string of the molecule is CC(Nc1ccccc1Cl)(C(N)=O)c1ccc(I)cc1. The molecule has 5 heteroatoms. The molecule has 20 heavy (non-hydrogen) atoms. The van der Waals surface area contributed by atoms with Crippen molar-refractivity contribution in [3.05, 3.63) is 62.7 Å². The van der Waals surface area contributed by atoms with Crippen LogP contribution in [0.3, 0.4) is 0 Å². The lowest BCUT2D eigenvalue weighted by atomic mass is 9.91. The van der Waals surface area contributed by atoms with E-state index in [0.717, 1.165) is 9.13 Å². The summed E-state index contributed by atoms with van der Waals surface area (Å²) in [7, 11) is 0. The third-order valence-electron chi connectivity index (χ3n) is 3.17. The minimum atomic E-state index is -1.02. The Hall–Kier alpha value is -1.27. The number of amides is 1. The van der Waals surface area contributed by atoms with Crippen LogP contribution in [0.5, 0.6) is 0 Å². The van der Waals surface area contributed by atoms with Gasteiger partial charge in [0.2, 0.25) is 5.91 Å². The molecule has 0 heterocycles. The summed E-state index contributed by atoms with van der Waals surface area (Å²) in [5.41, 5.74) is 6.05. The highest BCUT2D eigenvalue weighted by molar-refractivity contribution is 14.1. The number of anilines is 1. The molecule has 0 bridgehead atoms. The van der Waals surface area contributed by atoms with Crippen LogP contribution in [-0.4, -0.2) is 5.91 Å². The Labute approximate surface area is 136 Å². The Kier molecular flexibility index (Phi) is 4.55. The first-order valence-corrected chi connectivity index (χ1v) is 7.48. The standard InChI is InChI=1S/C15H14ClIN2O/c1-15(14(18)20,10-6-8-11(17)9-7-10)19-13-5-3-2-4-12(13)16/h2-9,19H,1H3,(H2,18,20). The fourth-order valence-corrected chi connectivity index (χ4v) is 2.43. The summed E-state index contributed by atoms with van der Waals surface area (Å²) in [6.45, 7) is 1.75. The van der Waals surface area contributed by atoms with Crippen LogP contribution in [0.25, 0.3) is 0 Å². The van der Waals surface area contributed by atoms with Crippen LogP contribution >= 0.6 is 34.2 Å². The number of hydrogen-bond acceptors (Lipinski definition) is 2. The molecular weight excluding hydrogens is 387 g/mol. The van der Waals surface area contributed by atoms with Crippen molar-refractivity contribution in [1.29, 1.82) is 0 Å². The maximum Gasteiger partial charge on any atom is 0.247 e. The third-order valence-corrected chi connectivity index (χ3v) is 4.22. The van der Waals surface area contributed by atoms with Gasteiger partial charge in [0.15, 0.2) is 0 Å². The molecule has 0 radical (unpaired) electrons. The van der Waals surface area contributed by atoms with Gasteiger partial charge in [-0.1, -0.05) is 35.9 Å². The van der Waals surface area contributed by atoms with E-state index >= 15 is 0 Å². The highest BCUT2D eigenvalue weighted by atomic mass is 127. The van der Waals surface area contributed by atoms with Gasteiger partial charge in [-0.2, -0.15) is 0 Å². The molecule has 0 saturated heterocycles.